The molecule has 4 nitrogen and oxygen atoms in total. The molecule has 2 aromatic rings. The predicted molar refractivity (Wildman–Crippen MR) is 114 cm³/mol. The number of fused-ring (bicyclic) bond motifs is 1. The van der Waals surface area contributed by atoms with E-state index < -0.39 is 6.10 Å². The van der Waals surface area contributed by atoms with Crippen LogP contribution in [0, 0.1) is 6.92 Å². The van der Waals surface area contributed by atoms with Crippen LogP contribution >= 0.6 is 11.6 Å². The van der Waals surface area contributed by atoms with Gasteiger partial charge in [-0.05, 0) is 67.1 Å². The van der Waals surface area contributed by atoms with Crippen molar-refractivity contribution in [2.45, 2.75) is 32.3 Å². The maximum absolute atomic E-state index is 10.4. The number of aliphatic hydroxyl groups is 1. The summed E-state index contributed by atoms with van der Waals surface area (Å²) in [7, 11) is 0. The minimum atomic E-state index is -0.441. The molecule has 1 aliphatic carbocycles. The summed E-state index contributed by atoms with van der Waals surface area (Å²) < 4.78 is 5.86. The van der Waals surface area contributed by atoms with E-state index in [0.717, 1.165) is 55.5 Å². The van der Waals surface area contributed by atoms with Crippen molar-refractivity contribution in [2.24, 2.45) is 0 Å². The average Bonchev–Trinajstić information content (AvgIpc) is 3.17. The molecule has 2 N–H and O–H groups in total. The zero-order valence-corrected chi connectivity index (χ0v) is 17.3. The quantitative estimate of drug-likeness (QED) is 0.779. The number of aliphatic hydroxyl groups excluding tert-OH is 1. The Morgan fingerprint density at radius 1 is 1.11 bits per heavy atom. The highest BCUT2D eigenvalue weighted by Crippen LogP contribution is 2.26. The number of hydrogen-bond acceptors (Lipinski definition) is 3. The number of rotatable bonds is 6. The number of quaternary nitrogens is 1. The van der Waals surface area contributed by atoms with E-state index in [1.165, 1.54) is 34.6 Å². The van der Waals surface area contributed by atoms with E-state index in [1.807, 2.05) is 13.0 Å². The Hall–Kier alpha value is -1.75. The van der Waals surface area contributed by atoms with Crippen molar-refractivity contribution in [1.82, 2.24) is 0 Å². The first kappa shape index (κ1) is 19.6. The van der Waals surface area contributed by atoms with Crippen molar-refractivity contribution in [2.75, 3.05) is 44.2 Å². The lowest BCUT2D eigenvalue weighted by Gasteiger charge is -2.34. The van der Waals surface area contributed by atoms with Gasteiger partial charge in [0.05, 0.1) is 26.2 Å². The highest BCUT2D eigenvalue weighted by Gasteiger charge is 2.23. The molecule has 0 radical (unpaired) electrons. The van der Waals surface area contributed by atoms with Crippen LogP contribution in [0.25, 0.3) is 0 Å². The molecule has 0 spiro atoms. The third-order valence-corrected chi connectivity index (χ3v) is 6.43. The zero-order chi connectivity index (χ0) is 19.5. The summed E-state index contributed by atoms with van der Waals surface area (Å²) in [6.45, 7) is 7.11. The van der Waals surface area contributed by atoms with E-state index in [4.69, 9.17) is 16.3 Å². The molecule has 1 fully saturated rings. The Kier molecular flexibility index (Phi) is 6.10. The molecule has 1 heterocycles. The number of piperazine rings is 1. The number of nitrogens with zero attached hydrogens (tertiary/aromatic N) is 1. The van der Waals surface area contributed by atoms with Crippen LogP contribution in [-0.2, 0) is 12.8 Å². The minimum absolute atomic E-state index is 0.361. The second-order valence-corrected chi connectivity index (χ2v) is 8.53. The molecular weight excluding hydrogens is 372 g/mol. The summed E-state index contributed by atoms with van der Waals surface area (Å²) in [5.41, 5.74) is 5.16. The first-order valence-electron chi connectivity index (χ1n) is 10.4. The fourth-order valence-corrected chi connectivity index (χ4v) is 4.46. The first-order valence-corrected chi connectivity index (χ1v) is 10.7. The highest BCUT2D eigenvalue weighted by atomic mass is 35.5. The van der Waals surface area contributed by atoms with E-state index in [9.17, 15) is 5.11 Å². The lowest BCUT2D eigenvalue weighted by molar-refractivity contribution is -0.903. The summed E-state index contributed by atoms with van der Waals surface area (Å²) in [6.07, 6.45) is 3.13. The van der Waals surface area contributed by atoms with E-state index in [2.05, 4.69) is 35.2 Å². The Balaban J connectivity index is 1.22. The van der Waals surface area contributed by atoms with Gasteiger partial charge in [-0.1, -0.05) is 23.7 Å². The lowest BCUT2D eigenvalue weighted by atomic mass is 10.1. The van der Waals surface area contributed by atoms with Crippen LogP contribution in [0.1, 0.15) is 23.1 Å². The second kappa shape index (κ2) is 8.73. The number of aryl methyl sites for hydroxylation is 3. The van der Waals surface area contributed by atoms with Gasteiger partial charge in [0.15, 0.2) is 0 Å². The lowest BCUT2D eigenvalue weighted by Crippen LogP contribution is -3.16. The van der Waals surface area contributed by atoms with Crippen molar-refractivity contribution in [3.8, 4) is 5.75 Å². The summed E-state index contributed by atoms with van der Waals surface area (Å²) in [5.74, 6) is 0.885. The Labute approximate surface area is 172 Å². The summed E-state index contributed by atoms with van der Waals surface area (Å²) >= 11 is 6.27. The minimum Gasteiger partial charge on any atom is -0.491 e. The number of anilines is 1. The van der Waals surface area contributed by atoms with Crippen LogP contribution in [0.2, 0.25) is 5.02 Å². The van der Waals surface area contributed by atoms with Gasteiger partial charge in [0.25, 0.3) is 0 Å². The number of halogens is 1. The molecule has 0 saturated carbocycles. The molecular formula is C23H30ClN2O2+. The SMILES string of the molecule is Cc1ccc(N2CC[NH+](C[C@H](O)COc3ccc4c(c3)CCC4)CC2)cc1Cl. The fraction of sp³-hybridized carbons (Fsp3) is 0.478. The fourth-order valence-electron chi connectivity index (χ4n) is 4.29. The molecule has 0 bridgehead atoms. The molecule has 0 amide bonds. The van der Waals surface area contributed by atoms with Crippen molar-refractivity contribution in [1.29, 1.82) is 0 Å². The Morgan fingerprint density at radius 3 is 2.68 bits per heavy atom. The molecule has 1 aliphatic heterocycles. The molecule has 0 unspecified atom stereocenters. The normalized spacial score (nSPS) is 18.2. The van der Waals surface area contributed by atoms with E-state index in [1.54, 1.807) is 0 Å². The maximum Gasteiger partial charge on any atom is 0.137 e. The molecule has 1 atom stereocenters. The van der Waals surface area contributed by atoms with Gasteiger partial charge in [-0.2, -0.15) is 0 Å². The smallest absolute Gasteiger partial charge is 0.137 e. The topological polar surface area (TPSA) is 37.1 Å². The molecule has 2 aromatic carbocycles. The van der Waals surface area contributed by atoms with Crippen molar-refractivity contribution < 1.29 is 14.7 Å². The molecule has 4 rings (SSSR count). The number of nitrogens with one attached hydrogen (secondary N) is 1. The number of hydrogen-bond donors (Lipinski definition) is 2. The van der Waals surface area contributed by atoms with Crippen LogP contribution in [0.3, 0.4) is 0 Å². The molecule has 150 valence electrons. The third-order valence-electron chi connectivity index (χ3n) is 6.03. The van der Waals surface area contributed by atoms with E-state index in [-0.39, 0.29) is 0 Å². The van der Waals surface area contributed by atoms with Crippen LogP contribution < -0.4 is 14.5 Å². The van der Waals surface area contributed by atoms with Gasteiger partial charge in [0.1, 0.15) is 25.0 Å². The van der Waals surface area contributed by atoms with Gasteiger partial charge in [0.2, 0.25) is 0 Å². The zero-order valence-electron chi connectivity index (χ0n) is 16.6. The standard InChI is InChI=1S/C23H29ClN2O2/c1-17-5-7-20(14-23(17)24)26-11-9-25(10-12-26)15-21(27)16-28-22-8-6-18-3-2-4-19(18)13-22/h5-8,13-14,21,27H,2-4,9-12,15-16H2,1H3/p+1/t21-/m0/s1. The van der Waals surface area contributed by atoms with Crippen molar-refractivity contribution in [3.05, 3.63) is 58.1 Å². The van der Waals surface area contributed by atoms with Gasteiger partial charge in [-0.25, -0.2) is 0 Å². The van der Waals surface area contributed by atoms with E-state index in [0.29, 0.717) is 6.61 Å². The summed E-state index contributed by atoms with van der Waals surface area (Å²) in [5, 5.41) is 11.3. The largest absolute Gasteiger partial charge is 0.491 e. The molecule has 2 aliphatic rings. The number of benzene rings is 2. The van der Waals surface area contributed by atoms with Crippen LogP contribution in [0.5, 0.6) is 5.75 Å². The van der Waals surface area contributed by atoms with Crippen molar-refractivity contribution in [3.63, 3.8) is 0 Å². The molecule has 28 heavy (non-hydrogen) atoms. The number of ether oxygens (including phenoxy) is 1. The van der Waals surface area contributed by atoms with Gasteiger partial charge < -0.3 is 19.6 Å². The van der Waals surface area contributed by atoms with Gasteiger partial charge in [0, 0.05) is 10.7 Å². The second-order valence-electron chi connectivity index (χ2n) is 8.12. The van der Waals surface area contributed by atoms with E-state index >= 15 is 0 Å². The molecule has 5 heteroatoms. The van der Waals surface area contributed by atoms with Crippen molar-refractivity contribution >= 4 is 17.3 Å². The molecule has 0 aromatic heterocycles. The Morgan fingerprint density at radius 2 is 1.89 bits per heavy atom. The van der Waals surface area contributed by atoms with Crippen LogP contribution in [0.15, 0.2) is 36.4 Å². The predicted octanol–water partition coefficient (Wildman–Crippen LogP) is 2.28. The summed E-state index contributed by atoms with van der Waals surface area (Å²) in [4.78, 5) is 3.81. The van der Waals surface area contributed by atoms with Crippen LogP contribution in [0.4, 0.5) is 5.69 Å². The molecule has 1 saturated heterocycles. The van der Waals surface area contributed by atoms with Crippen LogP contribution in [-0.4, -0.2) is 50.5 Å². The third kappa shape index (κ3) is 4.62. The maximum atomic E-state index is 10.4. The summed E-state index contributed by atoms with van der Waals surface area (Å²) in [6, 6.07) is 12.6. The highest BCUT2D eigenvalue weighted by molar-refractivity contribution is 6.31. The Bertz CT molecular complexity index is 818. The van der Waals surface area contributed by atoms with Gasteiger partial charge in [-0.15, -0.1) is 0 Å². The monoisotopic (exact) mass is 401 g/mol. The van der Waals surface area contributed by atoms with Gasteiger partial charge >= 0.3 is 0 Å². The first-order chi connectivity index (χ1) is 13.6. The van der Waals surface area contributed by atoms with Gasteiger partial charge in [-0.3, -0.25) is 0 Å². The average molecular weight is 402 g/mol.